The molecular formula is C21H23N3O2. The molecule has 0 radical (unpaired) electrons. The Morgan fingerprint density at radius 1 is 1.12 bits per heavy atom. The minimum atomic E-state index is -0.538. The molecule has 5 nitrogen and oxygen atoms in total. The van der Waals surface area contributed by atoms with Crippen LogP contribution in [0, 0.1) is 6.92 Å². The molecule has 0 unspecified atom stereocenters. The predicted octanol–water partition coefficient (Wildman–Crippen LogP) is 3.33. The number of amides is 1. The zero-order chi connectivity index (χ0) is 18.4. The normalized spacial score (nSPS) is 11.3. The third kappa shape index (κ3) is 4.81. The smallest absolute Gasteiger partial charge is 0.267 e. The van der Waals surface area contributed by atoms with Gasteiger partial charge in [0.1, 0.15) is 0 Å². The lowest BCUT2D eigenvalue weighted by Crippen LogP contribution is -2.16. The fourth-order valence-corrected chi connectivity index (χ4v) is 2.90. The standard InChI is InChI=1S/C21H23N3O2/c1-15-12-19-13-17(6-8-20(19)23-15)10-11-22-14-18-4-2-16(3-5-18)7-9-21(25)24-26/h2-9,12-13,22-23,26H,10-11,14H2,1H3,(H,24,25)/b9-7+. The van der Waals surface area contributed by atoms with E-state index in [0.29, 0.717) is 0 Å². The SMILES string of the molecule is Cc1cc2cc(CCNCc3ccc(/C=C/C(=O)NO)cc3)ccc2[nH]1. The Morgan fingerprint density at radius 3 is 2.65 bits per heavy atom. The van der Waals surface area contributed by atoms with Gasteiger partial charge in [-0.15, -0.1) is 0 Å². The van der Waals surface area contributed by atoms with Crippen molar-refractivity contribution in [2.24, 2.45) is 0 Å². The Bertz CT molecular complexity index is 911. The van der Waals surface area contributed by atoms with Gasteiger partial charge in [0.05, 0.1) is 0 Å². The molecule has 0 aliphatic carbocycles. The van der Waals surface area contributed by atoms with Gasteiger partial charge in [0.2, 0.25) is 0 Å². The summed E-state index contributed by atoms with van der Waals surface area (Å²) in [5, 5.41) is 13.2. The summed E-state index contributed by atoms with van der Waals surface area (Å²) >= 11 is 0. The van der Waals surface area contributed by atoms with Crippen molar-refractivity contribution in [1.82, 2.24) is 15.8 Å². The predicted molar refractivity (Wildman–Crippen MR) is 104 cm³/mol. The second kappa shape index (κ2) is 8.47. The zero-order valence-corrected chi connectivity index (χ0v) is 14.8. The first-order valence-electron chi connectivity index (χ1n) is 8.64. The van der Waals surface area contributed by atoms with Gasteiger partial charge in [0, 0.05) is 23.8 Å². The molecule has 2 aromatic carbocycles. The van der Waals surface area contributed by atoms with Crippen LogP contribution in [0.5, 0.6) is 0 Å². The lowest BCUT2D eigenvalue weighted by molar-refractivity contribution is -0.124. The van der Waals surface area contributed by atoms with Crippen LogP contribution in [0.25, 0.3) is 17.0 Å². The highest BCUT2D eigenvalue weighted by Gasteiger charge is 2.00. The number of aromatic nitrogens is 1. The van der Waals surface area contributed by atoms with Gasteiger partial charge in [0.25, 0.3) is 5.91 Å². The number of hydroxylamine groups is 1. The quantitative estimate of drug-likeness (QED) is 0.229. The molecule has 26 heavy (non-hydrogen) atoms. The molecule has 0 aliphatic rings. The number of hydrogen-bond donors (Lipinski definition) is 4. The van der Waals surface area contributed by atoms with Gasteiger partial charge in [-0.25, -0.2) is 5.48 Å². The average Bonchev–Trinajstić information content (AvgIpc) is 3.03. The van der Waals surface area contributed by atoms with E-state index < -0.39 is 5.91 Å². The summed E-state index contributed by atoms with van der Waals surface area (Å²) in [7, 11) is 0. The molecule has 134 valence electrons. The second-order valence-electron chi connectivity index (χ2n) is 6.35. The van der Waals surface area contributed by atoms with Crippen molar-refractivity contribution in [3.8, 4) is 0 Å². The first kappa shape index (κ1) is 17.9. The van der Waals surface area contributed by atoms with Crippen LogP contribution in [-0.2, 0) is 17.8 Å². The molecule has 0 saturated carbocycles. The molecule has 0 aliphatic heterocycles. The van der Waals surface area contributed by atoms with Crippen LogP contribution in [0.1, 0.15) is 22.4 Å². The molecule has 3 rings (SSSR count). The summed E-state index contributed by atoms with van der Waals surface area (Å²) < 4.78 is 0. The number of fused-ring (bicyclic) bond motifs is 1. The minimum absolute atomic E-state index is 0.538. The monoisotopic (exact) mass is 349 g/mol. The summed E-state index contributed by atoms with van der Waals surface area (Å²) in [6.07, 6.45) is 3.93. The maximum Gasteiger partial charge on any atom is 0.267 e. The van der Waals surface area contributed by atoms with Gasteiger partial charge in [-0.3, -0.25) is 10.0 Å². The summed E-state index contributed by atoms with van der Waals surface area (Å²) in [6, 6.07) is 16.7. The fourth-order valence-electron chi connectivity index (χ4n) is 2.90. The molecule has 0 bridgehead atoms. The minimum Gasteiger partial charge on any atom is -0.359 e. The summed E-state index contributed by atoms with van der Waals surface area (Å²) in [6.45, 7) is 3.78. The number of aromatic amines is 1. The lowest BCUT2D eigenvalue weighted by atomic mass is 10.1. The Kier molecular flexibility index (Phi) is 5.84. The highest BCUT2D eigenvalue weighted by Crippen LogP contribution is 2.17. The first-order chi connectivity index (χ1) is 12.6. The highest BCUT2D eigenvalue weighted by molar-refractivity contribution is 5.90. The van der Waals surface area contributed by atoms with Gasteiger partial charge in [-0.1, -0.05) is 30.3 Å². The van der Waals surface area contributed by atoms with Crippen LogP contribution >= 0.6 is 0 Å². The molecule has 5 heteroatoms. The molecule has 1 amide bonds. The van der Waals surface area contributed by atoms with Crippen molar-refractivity contribution >= 4 is 22.9 Å². The van der Waals surface area contributed by atoms with Crippen LogP contribution in [0.15, 0.2) is 54.6 Å². The number of benzene rings is 2. The van der Waals surface area contributed by atoms with E-state index in [4.69, 9.17) is 5.21 Å². The van der Waals surface area contributed by atoms with Gasteiger partial charge >= 0.3 is 0 Å². The summed E-state index contributed by atoms with van der Waals surface area (Å²) in [5.41, 5.74) is 7.36. The Hall–Kier alpha value is -2.89. The van der Waals surface area contributed by atoms with E-state index in [0.717, 1.165) is 25.1 Å². The summed E-state index contributed by atoms with van der Waals surface area (Å²) in [4.78, 5) is 14.3. The van der Waals surface area contributed by atoms with Crippen molar-refractivity contribution in [1.29, 1.82) is 0 Å². The van der Waals surface area contributed by atoms with E-state index in [1.807, 2.05) is 24.3 Å². The van der Waals surface area contributed by atoms with Crippen molar-refractivity contribution in [3.63, 3.8) is 0 Å². The number of aryl methyl sites for hydroxylation is 1. The van der Waals surface area contributed by atoms with Gasteiger partial charge in [0.15, 0.2) is 0 Å². The van der Waals surface area contributed by atoms with E-state index >= 15 is 0 Å². The molecule has 0 fully saturated rings. The third-order valence-electron chi connectivity index (χ3n) is 4.26. The van der Waals surface area contributed by atoms with E-state index in [1.165, 1.54) is 33.8 Å². The van der Waals surface area contributed by atoms with Crippen LogP contribution in [0.2, 0.25) is 0 Å². The maximum absolute atomic E-state index is 11.0. The zero-order valence-electron chi connectivity index (χ0n) is 14.8. The van der Waals surface area contributed by atoms with E-state index in [2.05, 4.69) is 41.5 Å². The number of hydrogen-bond acceptors (Lipinski definition) is 3. The Labute approximate surface area is 152 Å². The Morgan fingerprint density at radius 2 is 1.88 bits per heavy atom. The first-order valence-corrected chi connectivity index (χ1v) is 8.64. The fraction of sp³-hybridized carbons (Fsp3) is 0.190. The van der Waals surface area contributed by atoms with Crippen molar-refractivity contribution < 1.29 is 10.0 Å². The third-order valence-corrected chi connectivity index (χ3v) is 4.26. The Balaban J connectivity index is 1.46. The number of carbonyl (C=O) groups excluding carboxylic acids is 1. The second-order valence-corrected chi connectivity index (χ2v) is 6.35. The van der Waals surface area contributed by atoms with E-state index in [-0.39, 0.29) is 0 Å². The maximum atomic E-state index is 11.0. The molecule has 4 N–H and O–H groups in total. The summed E-state index contributed by atoms with van der Waals surface area (Å²) in [5.74, 6) is -0.538. The topological polar surface area (TPSA) is 77.2 Å². The molecule has 0 spiro atoms. The molecule has 3 aromatic rings. The molecule has 1 heterocycles. The number of H-pyrrole nitrogens is 1. The van der Waals surface area contributed by atoms with Crippen molar-refractivity contribution in [2.75, 3.05) is 6.54 Å². The van der Waals surface area contributed by atoms with Crippen LogP contribution in [-0.4, -0.2) is 22.6 Å². The van der Waals surface area contributed by atoms with Crippen molar-refractivity contribution in [3.05, 3.63) is 77.0 Å². The van der Waals surface area contributed by atoms with E-state index in [1.54, 1.807) is 11.6 Å². The van der Waals surface area contributed by atoms with Gasteiger partial charge in [-0.2, -0.15) is 0 Å². The molecule has 0 saturated heterocycles. The number of rotatable bonds is 7. The largest absolute Gasteiger partial charge is 0.359 e. The number of nitrogens with one attached hydrogen (secondary N) is 3. The van der Waals surface area contributed by atoms with Crippen LogP contribution in [0.4, 0.5) is 0 Å². The lowest BCUT2D eigenvalue weighted by Gasteiger charge is -2.06. The van der Waals surface area contributed by atoms with Crippen LogP contribution in [0.3, 0.4) is 0 Å². The highest BCUT2D eigenvalue weighted by atomic mass is 16.5. The van der Waals surface area contributed by atoms with Crippen molar-refractivity contribution in [2.45, 2.75) is 19.9 Å². The number of carbonyl (C=O) groups is 1. The van der Waals surface area contributed by atoms with Gasteiger partial charge in [-0.05, 0) is 66.2 Å². The molecule has 0 atom stereocenters. The average molecular weight is 349 g/mol. The van der Waals surface area contributed by atoms with Crippen LogP contribution < -0.4 is 10.8 Å². The van der Waals surface area contributed by atoms with E-state index in [9.17, 15) is 4.79 Å². The molecular weight excluding hydrogens is 326 g/mol. The molecule has 1 aromatic heterocycles. The van der Waals surface area contributed by atoms with Gasteiger partial charge < -0.3 is 10.3 Å².